The molecule has 0 saturated carbocycles. The number of hydrogen-bond donors (Lipinski definition) is 0. The molecular formula is C28H32N2. The van der Waals surface area contributed by atoms with Gasteiger partial charge in [-0.15, -0.1) is 0 Å². The second-order valence-corrected chi connectivity index (χ2v) is 9.15. The molecule has 0 radical (unpaired) electrons. The molecule has 0 fully saturated rings. The highest BCUT2D eigenvalue weighted by molar-refractivity contribution is 6.18. The molecule has 1 atom stereocenters. The third-order valence-electron chi connectivity index (χ3n) is 5.98. The zero-order valence-corrected chi connectivity index (χ0v) is 18.6. The quantitative estimate of drug-likeness (QED) is 0.435. The van der Waals surface area contributed by atoms with Crippen LogP contribution in [0.1, 0.15) is 58.1 Å². The van der Waals surface area contributed by atoms with Crippen LogP contribution in [0.3, 0.4) is 0 Å². The SMILES string of the molecule is CCCCC1(c2ccccc2)C(=Nc2ccccc2)c2ccccc2N1C(C)(C)C. The summed E-state index contributed by atoms with van der Waals surface area (Å²) in [4.78, 5) is 7.95. The molecule has 0 bridgehead atoms. The van der Waals surface area contributed by atoms with Crippen molar-refractivity contribution in [1.29, 1.82) is 0 Å². The topological polar surface area (TPSA) is 15.6 Å². The highest BCUT2D eigenvalue weighted by Crippen LogP contribution is 2.52. The molecule has 0 N–H and O–H groups in total. The second kappa shape index (κ2) is 8.10. The van der Waals surface area contributed by atoms with Crippen molar-refractivity contribution in [2.75, 3.05) is 4.90 Å². The molecule has 3 aromatic carbocycles. The molecule has 3 aromatic rings. The first-order chi connectivity index (χ1) is 14.5. The van der Waals surface area contributed by atoms with Crippen LogP contribution in [-0.4, -0.2) is 11.3 Å². The molecule has 1 aliphatic heterocycles. The maximum Gasteiger partial charge on any atom is 0.109 e. The van der Waals surface area contributed by atoms with Gasteiger partial charge in [0.1, 0.15) is 5.54 Å². The fourth-order valence-corrected chi connectivity index (χ4v) is 4.91. The number of rotatable bonds is 5. The van der Waals surface area contributed by atoms with Crippen molar-refractivity contribution in [2.45, 2.75) is 58.0 Å². The molecule has 0 aromatic heterocycles. The first-order valence-electron chi connectivity index (χ1n) is 11.1. The van der Waals surface area contributed by atoms with E-state index in [0.717, 1.165) is 24.9 Å². The molecule has 1 aliphatic rings. The van der Waals surface area contributed by atoms with Crippen LogP contribution >= 0.6 is 0 Å². The molecule has 4 rings (SSSR count). The van der Waals surface area contributed by atoms with E-state index in [2.05, 4.69) is 118 Å². The summed E-state index contributed by atoms with van der Waals surface area (Å²) in [7, 11) is 0. The van der Waals surface area contributed by atoms with Crippen LogP contribution < -0.4 is 4.90 Å². The average molecular weight is 397 g/mol. The highest BCUT2D eigenvalue weighted by atomic mass is 15.3. The molecule has 1 heterocycles. The molecule has 2 heteroatoms. The van der Waals surface area contributed by atoms with Gasteiger partial charge in [0.05, 0.1) is 11.4 Å². The summed E-state index contributed by atoms with van der Waals surface area (Å²) >= 11 is 0. The highest BCUT2D eigenvalue weighted by Gasteiger charge is 2.53. The Morgan fingerprint density at radius 2 is 1.40 bits per heavy atom. The van der Waals surface area contributed by atoms with E-state index in [1.807, 2.05) is 0 Å². The number of benzene rings is 3. The lowest BCUT2D eigenvalue weighted by atomic mass is 9.78. The Morgan fingerprint density at radius 1 is 0.800 bits per heavy atom. The van der Waals surface area contributed by atoms with E-state index in [1.165, 1.54) is 22.5 Å². The number of hydrogen-bond acceptors (Lipinski definition) is 2. The summed E-state index contributed by atoms with van der Waals surface area (Å²) < 4.78 is 0. The van der Waals surface area contributed by atoms with Gasteiger partial charge in [0.25, 0.3) is 0 Å². The molecular weight excluding hydrogens is 364 g/mol. The van der Waals surface area contributed by atoms with Crippen LogP contribution in [0.15, 0.2) is 89.9 Å². The smallest absolute Gasteiger partial charge is 0.109 e. The standard InChI is InChI=1S/C28H32N2/c1-5-6-21-28(22-15-9-7-10-16-22)26(29-23-17-11-8-12-18-23)24-19-13-14-20-25(24)30(28)27(2,3)4/h7-20H,5-6,21H2,1-4H3. The number of anilines is 1. The monoisotopic (exact) mass is 396 g/mol. The van der Waals surface area contributed by atoms with Crippen molar-refractivity contribution in [2.24, 2.45) is 4.99 Å². The minimum absolute atomic E-state index is 0.0619. The summed E-state index contributed by atoms with van der Waals surface area (Å²) in [6.45, 7) is 9.23. The fourth-order valence-electron chi connectivity index (χ4n) is 4.91. The largest absolute Gasteiger partial charge is 0.351 e. The Morgan fingerprint density at radius 3 is 2.03 bits per heavy atom. The third kappa shape index (κ3) is 3.45. The third-order valence-corrected chi connectivity index (χ3v) is 5.98. The van der Waals surface area contributed by atoms with E-state index in [-0.39, 0.29) is 11.1 Å². The van der Waals surface area contributed by atoms with Gasteiger partial charge in [-0.05, 0) is 51.0 Å². The van der Waals surface area contributed by atoms with Crippen LogP contribution in [0.4, 0.5) is 11.4 Å². The molecule has 2 nitrogen and oxygen atoms in total. The Balaban J connectivity index is 2.07. The molecule has 1 unspecified atom stereocenters. The summed E-state index contributed by atoms with van der Waals surface area (Å²) in [6, 6.07) is 30.2. The van der Waals surface area contributed by atoms with E-state index in [9.17, 15) is 0 Å². The molecule has 0 amide bonds. The van der Waals surface area contributed by atoms with E-state index in [4.69, 9.17) is 4.99 Å². The van der Waals surface area contributed by atoms with Gasteiger partial charge in [0.2, 0.25) is 0 Å². The predicted molar refractivity (Wildman–Crippen MR) is 129 cm³/mol. The molecule has 0 spiro atoms. The number of aliphatic imine (C=N–C) groups is 1. The zero-order chi connectivity index (χ0) is 21.2. The first-order valence-corrected chi connectivity index (χ1v) is 11.1. The van der Waals surface area contributed by atoms with Gasteiger partial charge in [-0.2, -0.15) is 0 Å². The fraction of sp³-hybridized carbons (Fsp3) is 0.321. The van der Waals surface area contributed by atoms with Crippen molar-refractivity contribution in [3.8, 4) is 0 Å². The van der Waals surface area contributed by atoms with Crippen LogP contribution in [0.2, 0.25) is 0 Å². The van der Waals surface area contributed by atoms with E-state index >= 15 is 0 Å². The Labute approximate surface area is 181 Å². The van der Waals surface area contributed by atoms with Crippen molar-refractivity contribution >= 4 is 17.1 Å². The molecule has 0 saturated heterocycles. The van der Waals surface area contributed by atoms with Crippen molar-refractivity contribution in [3.05, 3.63) is 96.1 Å². The van der Waals surface area contributed by atoms with Gasteiger partial charge in [-0.25, -0.2) is 4.99 Å². The average Bonchev–Trinajstić information content (AvgIpc) is 3.04. The minimum atomic E-state index is -0.297. The first kappa shape index (κ1) is 20.4. The summed E-state index contributed by atoms with van der Waals surface area (Å²) in [5.41, 5.74) is 5.66. The van der Waals surface area contributed by atoms with Crippen LogP contribution in [0.25, 0.3) is 0 Å². The molecule has 154 valence electrons. The van der Waals surface area contributed by atoms with Gasteiger partial charge in [-0.1, -0.05) is 86.5 Å². The Kier molecular flexibility index (Phi) is 5.51. The lowest BCUT2D eigenvalue weighted by molar-refractivity contribution is 0.377. The number of para-hydroxylation sites is 2. The van der Waals surface area contributed by atoms with Crippen LogP contribution in [0.5, 0.6) is 0 Å². The lowest BCUT2D eigenvalue weighted by Gasteiger charge is -2.49. The van der Waals surface area contributed by atoms with E-state index in [1.54, 1.807) is 0 Å². The molecule has 0 aliphatic carbocycles. The van der Waals surface area contributed by atoms with E-state index in [0.29, 0.717) is 0 Å². The van der Waals surface area contributed by atoms with Crippen LogP contribution in [0, 0.1) is 0 Å². The van der Waals surface area contributed by atoms with Crippen molar-refractivity contribution in [1.82, 2.24) is 0 Å². The van der Waals surface area contributed by atoms with Gasteiger partial charge >= 0.3 is 0 Å². The number of nitrogens with zero attached hydrogens (tertiary/aromatic N) is 2. The molecule has 30 heavy (non-hydrogen) atoms. The lowest BCUT2D eigenvalue weighted by Crippen LogP contribution is -2.56. The zero-order valence-electron chi connectivity index (χ0n) is 18.6. The normalized spacial score (nSPS) is 19.9. The van der Waals surface area contributed by atoms with Crippen molar-refractivity contribution < 1.29 is 0 Å². The predicted octanol–water partition coefficient (Wildman–Crippen LogP) is 7.51. The second-order valence-electron chi connectivity index (χ2n) is 9.15. The Hall–Kier alpha value is -2.87. The van der Waals surface area contributed by atoms with E-state index < -0.39 is 0 Å². The summed E-state index contributed by atoms with van der Waals surface area (Å²) in [5.74, 6) is 0. The maximum absolute atomic E-state index is 5.32. The van der Waals surface area contributed by atoms with Gasteiger partial charge in [0.15, 0.2) is 0 Å². The van der Waals surface area contributed by atoms with Crippen molar-refractivity contribution in [3.63, 3.8) is 0 Å². The van der Waals surface area contributed by atoms with Gasteiger partial charge < -0.3 is 4.90 Å². The Bertz CT molecular complexity index is 1020. The number of fused-ring (bicyclic) bond motifs is 1. The van der Waals surface area contributed by atoms with Gasteiger partial charge in [-0.3, -0.25) is 0 Å². The van der Waals surface area contributed by atoms with Crippen LogP contribution in [-0.2, 0) is 5.54 Å². The summed E-state index contributed by atoms with van der Waals surface area (Å²) in [5, 5.41) is 0. The minimum Gasteiger partial charge on any atom is -0.351 e. The summed E-state index contributed by atoms with van der Waals surface area (Å²) in [6.07, 6.45) is 3.33. The maximum atomic E-state index is 5.32. The number of unbranched alkanes of at least 4 members (excludes halogenated alkanes) is 1. The van der Waals surface area contributed by atoms with Gasteiger partial charge in [0, 0.05) is 16.8 Å².